The van der Waals surface area contributed by atoms with Crippen LogP contribution in [0.5, 0.6) is 11.5 Å². The summed E-state index contributed by atoms with van der Waals surface area (Å²) in [6.45, 7) is -0.147. The number of halogens is 3. The molecule has 8 heteroatoms. The maximum Gasteiger partial charge on any atom is 0.257 e. The van der Waals surface area contributed by atoms with Gasteiger partial charge >= 0.3 is 0 Å². The molecule has 0 aliphatic carbocycles. The van der Waals surface area contributed by atoms with Gasteiger partial charge in [-0.2, -0.15) is 0 Å². The Balaban J connectivity index is 2.61. The molecule has 0 amide bonds. The van der Waals surface area contributed by atoms with Crippen LogP contribution in [0.2, 0.25) is 0 Å². The first-order valence-corrected chi connectivity index (χ1v) is 6.49. The summed E-state index contributed by atoms with van der Waals surface area (Å²) in [6, 6.07) is 3.88. The van der Waals surface area contributed by atoms with Crippen molar-refractivity contribution < 1.29 is 14.4 Å². The van der Waals surface area contributed by atoms with E-state index in [4.69, 9.17) is 44.3 Å². The van der Waals surface area contributed by atoms with E-state index in [1.807, 2.05) is 0 Å². The summed E-state index contributed by atoms with van der Waals surface area (Å²) < 4.78 is 8.73. The fourth-order valence-corrected chi connectivity index (χ4v) is 2.93. The number of benzene rings is 1. The molecule has 0 bridgehead atoms. The Labute approximate surface area is 124 Å². The third-order valence-electron chi connectivity index (χ3n) is 2.97. The molecule has 19 heavy (non-hydrogen) atoms. The minimum atomic E-state index is -1.83. The molecule has 1 heterocycles. The number of fused-ring (bicyclic) bond motifs is 1. The fraction of sp³-hybridized carbons (Fsp3) is 0.455. The molecule has 1 aromatic rings. The first kappa shape index (κ1) is 14.5. The molecule has 0 saturated heterocycles. The molecule has 1 aromatic carbocycles. The number of nitro groups is 1. The second kappa shape index (κ2) is 5.23. The molecule has 1 aliphatic rings. The average molecular weight is 327 g/mol. The quantitative estimate of drug-likeness (QED) is 0.476. The summed E-state index contributed by atoms with van der Waals surface area (Å²) in [5.41, 5.74) is 0.415. The van der Waals surface area contributed by atoms with Crippen LogP contribution in [-0.4, -0.2) is 28.5 Å². The maximum atomic E-state index is 11.1. The van der Waals surface area contributed by atoms with Crippen LogP contribution < -0.4 is 9.47 Å². The Kier molecular flexibility index (Phi) is 3.99. The molecule has 2 rings (SSSR count). The monoisotopic (exact) mass is 325 g/mol. The number of alkyl halides is 3. The lowest BCUT2D eigenvalue weighted by molar-refractivity contribution is -0.530. The van der Waals surface area contributed by atoms with E-state index in [2.05, 4.69) is 0 Å². The minimum Gasteiger partial charge on any atom is -0.496 e. The summed E-state index contributed by atoms with van der Waals surface area (Å²) in [7, 11) is 1.45. The number of hydrogen-bond donors (Lipinski definition) is 0. The zero-order valence-corrected chi connectivity index (χ0v) is 12.1. The molecule has 0 fully saturated rings. The van der Waals surface area contributed by atoms with Crippen LogP contribution in [0.25, 0.3) is 0 Å². The van der Waals surface area contributed by atoms with Crippen molar-refractivity contribution in [3.05, 3.63) is 33.9 Å². The Morgan fingerprint density at radius 1 is 1.47 bits per heavy atom. The molecule has 0 N–H and O–H groups in total. The van der Waals surface area contributed by atoms with Crippen LogP contribution in [-0.2, 0) is 0 Å². The molecule has 104 valence electrons. The molecule has 1 aliphatic heterocycles. The highest BCUT2D eigenvalue weighted by Crippen LogP contribution is 2.52. The van der Waals surface area contributed by atoms with Crippen LogP contribution in [0, 0.1) is 10.1 Å². The second-order valence-electron chi connectivity index (χ2n) is 4.06. The molecule has 5 nitrogen and oxygen atoms in total. The Morgan fingerprint density at radius 2 is 2.16 bits per heavy atom. The van der Waals surface area contributed by atoms with Gasteiger partial charge in [0.05, 0.1) is 12.7 Å². The first-order valence-electron chi connectivity index (χ1n) is 5.36. The molecule has 0 radical (unpaired) electrons. The SMILES string of the molecule is COc1cccc2c1C(C(Cl)(Cl)Cl)C([N+](=O)[O-])CO2. The van der Waals surface area contributed by atoms with Crippen molar-refractivity contribution in [3.8, 4) is 11.5 Å². The topological polar surface area (TPSA) is 61.6 Å². The van der Waals surface area contributed by atoms with E-state index in [1.54, 1.807) is 18.2 Å². The maximum absolute atomic E-state index is 11.1. The highest BCUT2D eigenvalue weighted by molar-refractivity contribution is 6.68. The second-order valence-corrected chi connectivity index (χ2v) is 6.42. The van der Waals surface area contributed by atoms with E-state index in [-0.39, 0.29) is 6.61 Å². The van der Waals surface area contributed by atoms with Crippen molar-refractivity contribution in [3.63, 3.8) is 0 Å². The van der Waals surface area contributed by atoms with Gasteiger partial charge in [0.15, 0.2) is 6.61 Å². The molecule has 0 spiro atoms. The van der Waals surface area contributed by atoms with Crippen molar-refractivity contribution in [2.75, 3.05) is 13.7 Å². The van der Waals surface area contributed by atoms with E-state index in [0.29, 0.717) is 17.1 Å². The zero-order chi connectivity index (χ0) is 14.2. The van der Waals surface area contributed by atoms with Crippen LogP contribution in [0.15, 0.2) is 18.2 Å². The molecule has 0 saturated carbocycles. The van der Waals surface area contributed by atoms with Crippen LogP contribution >= 0.6 is 34.8 Å². The van der Waals surface area contributed by atoms with Gasteiger partial charge in [-0.15, -0.1) is 0 Å². The summed E-state index contributed by atoms with van der Waals surface area (Å²) in [5.74, 6) is -0.0958. The molecule has 2 atom stereocenters. The van der Waals surface area contributed by atoms with Crippen molar-refractivity contribution in [1.29, 1.82) is 0 Å². The zero-order valence-electron chi connectivity index (χ0n) is 9.81. The average Bonchev–Trinajstić information content (AvgIpc) is 2.35. The van der Waals surface area contributed by atoms with Gasteiger partial charge in [-0.1, -0.05) is 40.9 Å². The van der Waals surface area contributed by atoms with E-state index >= 15 is 0 Å². The Morgan fingerprint density at radius 3 is 2.68 bits per heavy atom. The van der Waals surface area contributed by atoms with Crippen molar-refractivity contribution in [2.24, 2.45) is 0 Å². The lowest BCUT2D eigenvalue weighted by Gasteiger charge is -2.33. The van der Waals surface area contributed by atoms with Gasteiger partial charge in [-0.3, -0.25) is 10.1 Å². The fourth-order valence-electron chi connectivity index (χ4n) is 2.16. The van der Waals surface area contributed by atoms with Gasteiger partial charge < -0.3 is 9.47 Å². The summed E-state index contributed by atoms with van der Waals surface area (Å²) in [6.07, 6.45) is 0. The van der Waals surface area contributed by atoms with Crippen LogP contribution in [0.3, 0.4) is 0 Å². The molecular weight excluding hydrogens is 316 g/mol. The largest absolute Gasteiger partial charge is 0.496 e. The Bertz CT molecular complexity index is 489. The lowest BCUT2D eigenvalue weighted by Crippen LogP contribution is -2.43. The van der Waals surface area contributed by atoms with Crippen molar-refractivity contribution >= 4 is 34.8 Å². The summed E-state index contributed by atoms with van der Waals surface area (Å²) >= 11 is 17.8. The molecular formula is C11H10Cl3NO4. The number of hydrogen-bond acceptors (Lipinski definition) is 4. The van der Waals surface area contributed by atoms with Gasteiger partial charge in [0.2, 0.25) is 3.79 Å². The smallest absolute Gasteiger partial charge is 0.257 e. The van der Waals surface area contributed by atoms with Gasteiger partial charge in [-0.05, 0) is 12.1 Å². The van der Waals surface area contributed by atoms with E-state index in [1.165, 1.54) is 7.11 Å². The van der Waals surface area contributed by atoms with Gasteiger partial charge in [-0.25, -0.2) is 0 Å². The predicted molar refractivity (Wildman–Crippen MR) is 72.3 cm³/mol. The Hall–Kier alpha value is -0.910. The van der Waals surface area contributed by atoms with Crippen molar-refractivity contribution in [1.82, 2.24) is 0 Å². The molecule has 2 unspecified atom stereocenters. The third kappa shape index (κ3) is 2.68. The normalized spacial score (nSPS) is 22.3. The minimum absolute atomic E-state index is 0.147. The van der Waals surface area contributed by atoms with Crippen molar-refractivity contribution in [2.45, 2.75) is 15.8 Å². The summed E-state index contributed by atoms with van der Waals surface area (Å²) in [5, 5.41) is 11.1. The van der Waals surface area contributed by atoms with Gasteiger partial charge in [0, 0.05) is 4.92 Å². The van der Waals surface area contributed by atoms with E-state index in [9.17, 15) is 10.1 Å². The molecule has 0 aromatic heterocycles. The van der Waals surface area contributed by atoms with Gasteiger partial charge in [0.25, 0.3) is 6.04 Å². The number of nitrogens with zero attached hydrogens (tertiary/aromatic N) is 1. The highest BCUT2D eigenvalue weighted by atomic mass is 35.6. The van der Waals surface area contributed by atoms with E-state index < -0.39 is 20.7 Å². The number of ether oxygens (including phenoxy) is 2. The first-order chi connectivity index (χ1) is 8.86. The summed E-state index contributed by atoms with van der Waals surface area (Å²) in [4.78, 5) is 10.6. The van der Waals surface area contributed by atoms with Crippen LogP contribution in [0.4, 0.5) is 0 Å². The standard InChI is InChI=1S/C11H10Cl3NO4/c1-18-7-3-2-4-8-9(7)10(11(12,13)14)6(5-19-8)15(16)17/h2-4,6,10H,5H2,1H3. The number of rotatable bonds is 2. The lowest BCUT2D eigenvalue weighted by atomic mass is 9.89. The predicted octanol–water partition coefficient (Wildman–Crippen LogP) is 3.19. The van der Waals surface area contributed by atoms with E-state index in [0.717, 1.165) is 0 Å². The van der Waals surface area contributed by atoms with Crippen LogP contribution in [0.1, 0.15) is 11.5 Å². The highest BCUT2D eigenvalue weighted by Gasteiger charge is 2.51. The number of methoxy groups -OCH3 is 1. The third-order valence-corrected chi connectivity index (χ3v) is 3.68. The van der Waals surface area contributed by atoms with Gasteiger partial charge in [0.1, 0.15) is 17.4 Å².